The zero-order chi connectivity index (χ0) is 15.0. The fraction of sp³-hybridized carbons (Fsp3) is 0.500. The summed E-state index contributed by atoms with van der Waals surface area (Å²) in [5.41, 5.74) is 1.01. The number of hydrogen-bond donors (Lipinski definition) is 1. The van der Waals surface area contributed by atoms with Crippen molar-refractivity contribution < 1.29 is 8.42 Å². The first-order valence-electron chi connectivity index (χ1n) is 6.63. The zero-order valence-electron chi connectivity index (χ0n) is 11.9. The quantitative estimate of drug-likeness (QED) is 0.888. The Morgan fingerprint density at radius 1 is 1.43 bits per heavy atom. The van der Waals surface area contributed by atoms with Crippen LogP contribution in [0.5, 0.6) is 0 Å². The normalized spacial score (nSPS) is 16.1. The van der Waals surface area contributed by atoms with E-state index >= 15 is 0 Å². The molecule has 0 saturated carbocycles. The first-order chi connectivity index (χ1) is 10.0. The van der Waals surface area contributed by atoms with E-state index in [0.717, 1.165) is 10.4 Å². The molecule has 2 aromatic rings. The molecule has 0 saturated heterocycles. The third kappa shape index (κ3) is 2.61. The number of fused-ring (bicyclic) bond motifs is 1. The Labute approximate surface area is 127 Å². The standard InChI is InChI=1S/C12H17N5O2S2/c1-9-5-12(20-10(9)6-13-2)21(18,19)17-4-3-16-8-14-15-11(16)7-17/h5,8,13H,3-4,6-7H2,1-2H3. The highest BCUT2D eigenvalue weighted by Crippen LogP contribution is 2.29. The van der Waals surface area contributed by atoms with Gasteiger partial charge >= 0.3 is 0 Å². The van der Waals surface area contributed by atoms with Gasteiger partial charge in [-0.05, 0) is 25.6 Å². The van der Waals surface area contributed by atoms with Gasteiger partial charge in [0.15, 0.2) is 0 Å². The van der Waals surface area contributed by atoms with Gasteiger partial charge in [-0.25, -0.2) is 8.42 Å². The second kappa shape index (κ2) is 5.48. The van der Waals surface area contributed by atoms with Crippen molar-refractivity contribution in [3.8, 4) is 0 Å². The Morgan fingerprint density at radius 3 is 3.00 bits per heavy atom. The summed E-state index contributed by atoms with van der Waals surface area (Å²) in [5.74, 6) is 0.688. The molecular formula is C12H17N5O2S2. The molecule has 0 fully saturated rings. The number of rotatable bonds is 4. The smallest absolute Gasteiger partial charge is 0.253 e. The molecule has 21 heavy (non-hydrogen) atoms. The second-order valence-electron chi connectivity index (χ2n) is 4.98. The summed E-state index contributed by atoms with van der Waals surface area (Å²) in [6.07, 6.45) is 1.64. The van der Waals surface area contributed by atoms with Crippen LogP contribution in [-0.4, -0.2) is 41.1 Å². The van der Waals surface area contributed by atoms with Gasteiger partial charge in [-0.15, -0.1) is 21.5 Å². The van der Waals surface area contributed by atoms with Crippen LogP contribution in [0.1, 0.15) is 16.3 Å². The molecule has 2 aromatic heterocycles. The number of nitrogens with one attached hydrogen (secondary N) is 1. The first kappa shape index (κ1) is 14.6. The highest BCUT2D eigenvalue weighted by molar-refractivity contribution is 7.91. The number of sulfonamides is 1. The molecule has 7 nitrogen and oxygen atoms in total. The van der Waals surface area contributed by atoms with E-state index in [1.54, 1.807) is 12.4 Å². The summed E-state index contributed by atoms with van der Waals surface area (Å²) >= 11 is 1.33. The number of hydrogen-bond acceptors (Lipinski definition) is 6. The fourth-order valence-corrected chi connectivity index (χ4v) is 5.47. The first-order valence-corrected chi connectivity index (χ1v) is 8.89. The van der Waals surface area contributed by atoms with E-state index < -0.39 is 10.0 Å². The molecule has 0 unspecified atom stereocenters. The lowest BCUT2D eigenvalue weighted by atomic mass is 10.3. The third-order valence-corrected chi connectivity index (χ3v) is 7.06. The van der Waals surface area contributed by atoms with Crippen molar-refractivity contribution in [2.45, 2.75) is 30.8 Å². The minimum absolute atomic E-state index is 0.278. The molecule has 0 amide bonds. The monoisotopic (exact) mass is 327 g/mol. The number of thiophene rings is 1. The fourth-order valence-electron chi connectivity index (χ4n) is 2.33. The molecule has 3 rings (SSSR count). The van der Waals surface area contributed by atoms with Gasteiger partial charge in [-0.3, -0.25) is 0 Å². The van der Waals surface area contributed by atoms with Crippen molar-refractivity contribution in [2.24, 2.45) is 0 Å². The largest absolute Gasteiger partial charge is 0.315 e. The van der Waals surface area contributed by atoms with Crippen molar-refractivity contribution >= 4 is 21.4 Å². The van der Waals surface area contributed by atoms with Gasteiger partial charge in [0.2, 0.25) is 0 Å². The summed E-state index contributed by atoms with van der Waals surface area (Å²) in [6, 6.07) is 1.76. The number of nitrogens with zero attached hydrogens (tertiary/aromatic N) is 4. The van der Waals surface area contributed by atoms with Crippen molar-refractivity contribution in [3.63, 3.8) is 0 Å². The molecule has 0 atom stereocenters. The van der Waals surface area contributed by atoms with Gasteiger partial charge in [-0.1, -0.05) is 0 Å². The summed E-state index contributed by atoms with van der Waals surface area (Å²) in [6.45, 7) is 3.94. The van der Waals surface area contributed by atoms with E-state index in [2.05, 4.69) is 15.5 Å². The van der Waals surface area contributed by atoms with Crippen LogP contribution in [0.3, 0.4) is 0 Å². The van der Waals surface area contributed by atoms with E-state index in [1.807, 2.05) is 18.5 Å². The second-order valence-corrected chi connectivity index (χ2v) is 8.28. The molecule has 1 N–H and O–H groups in total. The van der Waals surface area contributed by atoms with E-state index in [0.29, 0.717) is 29.7 Å². The molecular weight excluding hydrogens is 310 g/mol. The molecule has 1 aliphatic heterocycles. The van der Waals surface area contributed by atoms with Crippen LogP contribution in [-0.2, 0) is 29.7 Å². The lowest BCUT2D eigenvalue weighted by Crippen LogP contribution is -2.37. The maximum atomic E-state index is 12.7. The van der Waals surface area contributed by atoms with Gasteiger partial charge in [0.25, 0.3) is 10.0 Å². The van der Waals surface area contributed by atoms with Crippen LogP contribution in [0.15, 0.2) is 16.6 Å². The van der Waals surface area contributed by atoms with E-state index in [4.69, 9.17) is 0 Å². The Bertz CT molecular complexity index is 750. The highest BCUT2D eigenvalue weighted by atomic mass is 32.2. The summed E-state index contributed by atoms with van der Waals surface area (Å²) in [5, 5.41) is 10.8. The van der Waals surface area contributed by atoms with Crippen LogP contribution >= 0.6 is 11.3 Å². The Balaban J connectivity index is 1.89. The van der Waals surface area contributed by atoms with Crippen LogP contribution in [0.25, 0.3) is 0 Å². The van der Waals surface area contributed by atoms with Gasteiger partial charge in [0, 0.05) is 24.5 Å². The maximum Gasteiger partial charge on any atom is 0.253 e. The Hall–Kier alpha value is -1.29. The van der Waals surface area contributed by atoms with Crippen LogP contribution in [0.4, 0.5) is 0 Å². The van der Waals surface area contributed by atoms with Crippen LogP contribution < -0.4 is 5.32 Å². The van der Waals surface area contributed by atoms with Gasteiger partial charge in [-0.2, -0.15) is 4.31 Å². The van der Waals surface area contributed by atoms with Gasteiger partial charge in [0.1, 0.15) is 16.4 Å². The van der Waals surface area contributed by atoms with E-state index in [1.165, 1.54) is 15.6 Å². The predicted octanol–water partition coefficient (Wildman–Crippen LogP) is 0.572. The molecule has 0 aromatic carbocycles. The lowest BCUT2D eigenvalue weighted by Gasteiger charge is -2.25. The summed E-state index contributed by atoms with van der Waals surface area (Å²) < 4.78 is 29.3. The third-order valence-electron chi connectivity index (χ3n) is 3.53. The molecule has 9 heteroatoms. The number of aromatic nitrogens is 3. The maximum absolute atomic E-state index is 12.7. The lowest BCUT2D eigenvalue weighted by molar-refractivity contribution is 0.336. The molecule has 0 radical (unpaired) electrons. The van der Waals surface area contributed by atoms with Crippen molar-refractivity contribution in [3.05, 3.63) is 28.7 Å². The molecule has 0 bridgehead atoms. The van der Waals surface area contributed by atoms with Crippen LogP contribution in [0, 0.1) is 6.92 Å². The molecule has 0 aliphatic carbocycles. The topological polar surface area (TPSA) is 80.1 Å². The SMILES string of the molecule is CNCc1sc(S(=O)(=O)N2CCn3cnnc3C2)cc1C. The Kier molecular flexibility index (Phi) is 3.82. The van der Waals surface area contributed by atoms with Gasteiger partial charge in [0.05, 0.1) is 6.54 Å². The van der Waals surface area contributed by atoms with Crippen molar-refractivity contribution in [1.82, 2.24) is 24.4 Å². The Morgan fingerprint density at radius 2 is 2.24 bits per heavy atom. The van der Waals surface area contributed by atoms with Crippen molar-refractivity contribution in [1.29, 1.82) is 0 Å². The molecule has 114 valence electrons. The molecule has 3 heterocycles. The minimum atomic E-state index is -3.46. The van der Waals surface area contributed by atoms with E-state index in [9.17, 15) is 8.42 Å². The predicted molar refractivity (Wildman–Crippen MR) is 79.4 cm³/mol. The molecule has 0 spiro atoms. The highest BCUT2D eigenvalue weighted by Gasteiger charge is 2.30. The average Bonchev–Trinajstić information content (AvgIpc) is 3.06. The molecule has 1 aliphatic rings. The summed E-state index contributed by atoms with van der Waals surface area (Å²) in [7, 11) is -1.61. The van der Waals surface area contributed by atoms with Gasteiger partial charge < -0.3 is 9.88 Å². The zero-order valence-corrected chi connectivity index (χ0v) is 13.5. The van der Waals surface area contributed by atoms with Crippen molar-refractivity contribution in [2.75, 3.05) is 13.6 Å². The van der Waals surface area contributed by atoms with Crippen LogP contribution in [0.2, 0.25) is 0 Å². The van der Waals surface area contributed by atoms with E-state index in [-0.39, 0.29) is 6.54 Å². The number of aryl methyl sites for hydroxylation is 1. The average molecular weight is 327 g/mol. The summed E-state index contributed by atoms with van der Waals surface area (Å²) in [4.78, 5) is 1.05. The minimum Gasteiger partial charge on any atom is -0.315 e.